The van der Waals surface area contributed by atoms with Crippen LogP contribution in [0.3, 0.4) is 0 Å². The van der Waals surface area contributed by atoms with Crippen molar-refractivity contribution in [2.75, 3.05) is 0 Å². The van der Waals surface area contributed by atoms with Crippen LogP contribution in [0.4, 0.5) is 0 Å². The Bertz CT molecular complexity index is 787. The van der Waals surface area contributed by atoms with Crippen molar-refractivity contribution in [3.05, 3.63) is 61.6 Å². The Labute approximate surface area is 96.8 Å². The van der Waals surface area contributed by atoms with Crippen molar-refractivity contribution < 1.29 is 0 Å². The van der Waals surface area contributed by atoms with Crippen LogP contribution < -0.4 is 22.0 Å². The molecule has 1 heterocycles. The zero-order valence-corrected chi connectivity index (χ0v) is 9.35. The summed E-state index contributed by atoms with van der Waals surface area (Å²) in [5.74, 6) is 0. The highest BCUT2D eigenvalue weighted by Gasteiger charge is 2.18. The molecule has 0 aromatic carbocycles. The predicted molar refractivity (Wildman–Crippen MR) is 58.2 cm³/mol. The Hall–Kier alpha value is -1.46. The molecular weight excluding hydrogens is 257 g/mol. The monoisotopic (exact) mass is 259 g/mol. The molecule has 0 saturated heterocycles. The molecule has 0 amide bonds. The van der Waals surface area contributed by atoms with E-state index in [1.54, 1.807) is 0 Å². The van der Waals surface area contributed by atoms with E-state index in [-0.39, 0.29) is 0 Å². The lowest BCUT2D eigenvalue weighted by Gasteiger charge is -1.88. The summed E-state index contributed by atoms with van der Waals surface area (Å²) >= 11 is 11.0. The number of rotatable bonds is 0. The molecule has 0 unspecified atom stereocenters. The van der Waals surface area contributed by atoms with Crippen LogP contribution in [0.1, 0.15) is 0 Å². The van der Waals surface area contributed by atoms with Gasteiger partial charge in [-0.1, -0.05) is 23.2 Å². The maximum atomic E-state index is 11.6. The average molecular weight is 260 g/mol. The highest BCUT2D eigenvalue weighted by Crippen LogP contribution is 2.11. The van der Waals surface area contributed by atoms with Gasteiger partial charge in [-0.25, -0.2) is 0 Å². The minimum atomic E-state index is -0.885. The van der Waals surface area contributed by atoms with Crippen LogP contribution in [0.5, 0.6) is 0 Å². The number of hydrogen-bond acceptors (Lipinski definition) is 4. The SMILES string of the molecule is Cn1c(=O)c2c(=O)c(Cl)c(Cl)c(=O)c=2c1=O. The second kappa shape index (κ2) is 3.26. The minimum Gasteiger partial charge on any atom is -0.287 e. The molecule has 5 nitrogen and oxygen atoms in total. The van der Waals surface area contributed by atoms with Crippen LogP contribution in [0.25, 0.3) is 0 Å². The lowest BCUT2D eigenvalue weighted by Crippen LogP contribution is -2.24. The molecule has 2 rings (SSSR count). The third kappa shape index (κ3) is 1.12. The molecule has 0 saturated carbocycles. The van der Waals surface area contributed by atoms with Crippen molar-refractivity contribution in [1.82, 2.24) is 4.57 Å². The van der Waals surface area contributed by atoms with E-state index in [4.69, 9.17) is 23.2 Å². The summed E-state index contributed by atoms with van der Waals surface area (Å²) in [4.78, 5) is 46.2. The fraction of sp³-hybridized carbons (Fsp3) is 0.111. The highest BCUT2D eigenvalue weighted by molar-refractivity contribution is 6.41. The Morgan fingerprint density at radius 3 is 1.44 bits per heavy atom. The first-order valence-electron chi connectivity index (χ1n) is 4.09. The van der Waals surface area contributed by atoms with Gasteiger partial charge in [-0.15, -0.1) is 0 Å². The molecule has 0 aromatic heterocycles. The molecule has 0 spiro atoms. The first-order chi connectivity index (χ1) is 7.37. The van der Waals surface area contributed by atoms with E-state index in [0.717, 1.165) is 0 Å². The van der Waals surface area contributed by atoms with E-state index in [1.165, 1.54) is 7.05 Å². The molecule has 0 radical (unpaired) electrons. The third-order valence-electron chi connectivity index (χ3n) is 2.33. The molecule has 0 aromatic rings. The van der Waals surface area contributed by atoms with Gasteiger partial charge in [0.1, 0.15) is 20.5 Å². The van der Waals surface area contributed by atoms with Gasteiger partial charge < -0.3 is 0 Å². The van der Waals surface area contributed by atoms with Gasteiger partial charge in [0.25, 0.3) is 11.1 Å². The summed E-state index contributed by atoms with van der Waals surface area (Å²) < 4.78 is 0.681. The van der Waals surface area contributed by atoms with Gasteiger partial charge in [-0.3, -0.25) is 23.7 Å². The Morgan fingerprint density at radius 2 is 1.12 bits per heavy atom. The highest BCUT2D eigenvalue weighted by atomic mass is 35.5. The molecule has 0 bridgehead atoms. The largest absolute Gasteiger partial charge is 0.287 e. The second-order valence-electron chi connectivity index (χ2n) is 3.21. The van der Waals surface area contributed by atoms with Crippen LogP contribution in [0, 0.1) is 10.4 Å². The minimum absolute atomic E-state index is 0.494. The molecule has 0 N–H and O–H groups in total. The molecular formula is C9H3Cl2NO4. The molecule has 0 atom stereocenters. The van der Waals surface area contributed by atoms with Crippen molar-refractivity contribution in [3.8, 4) is 0 Å². The summed E-state index contributed by atoms with van der Waals surface area (Å²) in [7, 11) is 1.17. The average Bonchev–Trinajstić information content (AvgIpc) is 2.48. The summed E-state index contributed by atoms with van der Waals surface area (Å²) in [5.41, 5.74) is -3.44. The summed E-state index contributed by atoms with van der Waals surface area (Å²) in [6, 6.07) is 0. The lowest BCUT2D eigenvalue weighted by molar-refractivity contribution is 0.841. The maximum Gasteiger partial charge on any atom is 0.265 e. The first-order valence-corrected chi connectivity index (χ1v) is 4.84. The quantitative estimate of drug-likeness (QED) is 0.632. The van der Waals surface area contributed by atoms with Crippen LogP contribution >= 0.6 is 23.2 Å². The third-order valence-corrected chi connectivity index (χ3v) is 3.15. The zero-order chi connectivity index (χ0) is 12.2. The Morgan fingerprint density at radius 1 is 0.812 bits per heavy atom. The van der Waals surface area contributed by atoms with Gasteiger partial charge in [0.05, 0.1) is 0 Å². The van der Waals surface area contributed by atoms with Crippen LogP contribution in [0.15, 0.2) is 19.2 Å². The summed E-state index contributed by atoms with van der Waals surface area (Å²) in [6.07, 6.45) is 0. The van der Waals surface area contributed by atoms with Gasteiger partial charge in [-0.2, -0.15) is 0 Å². The van der Waals surface area contributed by atoms with E-state index >= 15 is 0 Å². The Balaban J connectivity index is 3.55. The number of aromatic nitrogens is 1. The van der Waals surface area contributed by atoms with Gasteiger partial charge in [-0.05, 0) is 0 Å². The molecule has 1 aliphatic heterocycles. The zero-order valence-electron chi connectivity index (χ0n) is 7.84. The van der Waals surface area contributed by atoms with E-state index in [1.807, 2.05) is 0 Å². The fourth-order valence-electron chi connectivity index (χ4n) is 1.48. The standard InChI is InChI=1S/C9H3Cl2NO4/c1-12-8(15)2-3(9(12)16)7(14)5(11)4(10)6(2)13/h1H3. The molecule has 7 heteroatoms. The van der Waals surface area contributed by atoms with Gasteiger partial charge in [0, 0.05) is 7.05 Å². The molecule has 82 valence electrons. The van der Waals surface area contributed by atoms with Crippen molar-refractivity contribution in [3.63, 3.8) is 0 Å². The molecule has 1 aliphatic carbocycles. The van der Waals surface area contributed by atoms with Crippen molar-refractivity contribution in [1.29, 1.82) is 0 Å². The predicted octanol–water partition coefficient (Wildman–Crippen LogP) is -0.627. The van der Waals surface area contributed by atoms with Crippen molar-refractivity contribution in [2.24, 2.45) is 7.05 Å². The van der Waals surface area contributed by atoms with Gasteiger partial charge >= 0.3 is 0 Å². The number of nitrogens with zero attached hydrogens (tertiary/aromatic N) is 1. The molecule has 16 heavy (non-hydrogen) atoms. The van der Waals surface area contributed by atoms with Crippen LogP contribution in [-0.4, -0.2) is 4.57 Å². The van der Waals surface area contributed by atoms with Gasteiger partial charge in [0.15, 0.2) is 0 Å². The van der Waals surface area contributed by atoms with E-state index < -0.39 is 42.5 Å². The van der Waals surface area contributed by atoms with Gasteiger partial charge in [0.2, 0.25) is 10.9 Å². The van der Waals surface area contributed by atoms with E-state index in [0.29, 0.717) is 4.57 Å². The van der Waals surface area contributed by atoms with Crippen molar-refractivity contribution >= 4 is 23.2 Å². The topological polar surface area (TPSA) is 73.2 Å². The molecule has 0 fully saturated rings. The maximum absolute atomic E-state index is 11.6. The normalized spacial score (nSPS) is 11.2. The van der Waals surface area contributed by atoms with E-state index in [9.17, 15) is 19.2 Å². The molecule has 2 aliphatic rings. The second-order valence-corrected chi connectivity index (χ2v) is 3.96. The Kier molecular flexibility index (Phi) is 2.25. The summed E-state index contributed by atoms with van der Waals surface area (Å²) in [5, 5.41) is -2.04. The smallest absolute Gasteiger partial charge is 0.265 e. The fourth-order valence-corrected chi connectivity index (χ4v) is 1.84. The van der Waals surface area contributed by atoms with Crippen molar-refractivity contribution in [2.45, 2.75) is 0 Å². The first kappa shape index (κ1) is 11.0. The lowest BCUT2D eigenvalue weighted by atomic mass is 10.2. The number of halogens is 2. The van der Waals surface area contributed by atoms with E-state index in [2.05, 4.69) is 0 Å². The van der Waals surface area contributed by atoms with Crippen LogP contribution in [0.2, 0.25) is 10.0 Å². The number of hydrogen-bond donors (Lipinski definition) is 0. The van der Waals surface area contributed by atoms with Crippen LogP contribution in [-0.2, 0) is 7.05 Å². The summed E-state index contributed by atoms with van der Waals surface area (Å²) in [6.45, 7) is 0.